The minimum Gasteiger partial charge on any atom is -0.480 e. The summed E-state index contributed by atoms with van der Waals surface area (Å²) in [6.07, 6.45) is 0. The number of aromatic nitrogens is 3. The quantitative estimate of drug-likeness (QED) is 0.712. The highest BCUT2D eigenvalue weighted by Crippen LogP contribution is 2.29. The molecule has 5 nitrogen and oxygen atoms in total. The third-order valence-electron chi connectivity index (χ3n) is 3.12. The van der Waals surface area contributed by atoms with Crippen molar-refractivity contribution < 1.29 is 4.74 Å². The number of fused-ring (bicyclic) bond motifs is 1. The van der Waals surface area contributed by atoms with Gasteiger partial charge in [-0.2, -0.15) is 5.10 Å². The van der Waals surface area contributed by atoms with Crippen molar-refractivity contribution in [2.45, 2.75) is 0 Å². The molecule has 0 spiro atoms. The van der Waals surface area contributed by atoms with Crippen molar-refractivity contribution in [3.63, 3.8) is 0 Å². The van der Waals surface area contributed by atoms with Crippen LogP contribution in [-0.2, 0) is 7.05 Å². The zero-order valence-electron chi connectivity index (χ0n) is 11.2. The van der Waals surface area contributed by atoms with Crippen molar-refractivity contribution in [1.82, 2.24) is 14.8 Å². The van der Waals surface area contributed by atoms with E-state index in [-0.39, 0.29) is 5.56 Å². The Morgan fingerprint density at radius 1 is 1.15 bits per heavy atom. The van der Waals surface area contributed by atoms with Gasteiger partial charge in [0.25, 0.3) is 5.56 Å². The number of ether oxygens (including phenoxy) is 1. The molecule has 0 saturated carbocycles. The summed E-state index contributed by atoms with van der Waals surface area (Å²) in [6, 6.07) is 12.9. The molecule has 0 bridgehead atoms. The van der Waals surface area contributed by atoms with E-state index in [1.165, 1.54) is 10.7 Å². The first-order chi connectivity index (χ1) is 9.69. The predicted molar refractivity (Wildman–Crippen MR) is 76.8 cm³/mol. The second-order valence-electron chi connectivity index (χ2n) is 4.42. The van der Waals surface area contributed by atoms with E-state index in [0.29, 0.717) is 11.6 Å². The van der Waals surface area contributed by atoms with E-state index in [0.717, 1.165) is 16.5 Å². The number of rotatable bonds is 2. The molecule has 2 aromatic heterocycles. The molecule has 0 N–H and O–H groups in total. The fraction of sp³-hybridized carbons (Fsp3) is 0.133. The van der Waals surface area contributed by atoms with E-state index < -0.39 is 0 Å². The van der Waals surface area contributed by atoms with E-state index in [1.807, 2.05) is 30.3 Å². The molecule has 3 rings (SSSR count). The van der Waals surface area contributed by atoms with Gasteiger partial charge in [0, 0.05) is 18.5 Å². The number of hydrogen-bond acceptors (Lipinski definition) is 4. The van der Waals surface area contributed by atoms with Crippen molar-refractivity contribution in [3.05, 3.63) is 52.8 Å². The molecule has 5 heteroatoms. The Hall–Kier alpha value is -2.69. The zero-order valence-corrected chi connectivity index (χ0v) is 11.2. The normalized spacial score (nSPS) is 10.7. The predicted octanol–water partition coefficient (Wildman–Crippen LogP) is 2.00. The number of aryl methyl sites for hydroxylation is 1. The van der Waals surface area contributed by atoms with Crippen LogP contribution in [0.3, 0.4) is 0 Å². The lowest BCUT2D eigenvalue weighted by atomic mass is 10.1. The maximum atomic E-state index is 11.4. The Bertz CT molecular complexity index is 840. The van der Waals surface area contributed by atoms with Crippen LogP contribution >= 0.6 is 0 Å². The van der Waals surface area contributed by atoms with Crippen LogP contribution in [0, 0.1) is 0 Å². The van der Waals surface area contributed by atoms with Crippen LogP contribution in [0.5, 0.6) is 5.88 Å². The molecular formula is C15H13N3O2. The van der Waals surface area contributed by atoms with E-state index >= 15 is 0 Å². The van der Waals surface area contributed by atoms with E-state index in [2.05, 4.69) is 10.1 Å². The highest BCUT2D eigenvalue weighted by molar-refractivity contribution is 5.85. The zero-order chi connectivity index (χ0) is 14.1. The molecule has 0 aliphatic heterocycles. The first-order valence-electron chi connectivity index (χ1n) is 6.17. The van der Waals surface area contributed by atoms with Crippen molar-refractivity contribution in [3.8, 4) is 17.1 Å². The summed E-state index contributed by atoms with van der Waals surface area (Å²) in [4.78, 5) is 15.9. The number of para-hydroxylation sites is 1. The van der Waals surface area contributed by atoms with Crippen LogP contribution < -0.4 is 10.3 Å². The van der Waals surface area contributed by atoms with Crippen molar-refractivity contribution in [2.24, 2.45) is 7.05 Å². The molecule has 0 radical (unpaired) electrons. The van der Waals surface area contributed by atoms with Gasteiger partial charge in [0.1, 0.15) is 0 Å². The minimum atomic E-state index is -0.151. The Kier molecular flexibility index (Phi) is 2.95. The van der Waals surface area contributed by atoms with Crippen LogP contribution in [0.2, 0.25) is 0 Å². The summed E-state index contributed by atoms with van der Waals surface area (Å²) in [5.74, 6) is 0.495. The highest BCUT2D eigenvalue weighted by atomic mass is 16.5. The average molecular weight is 267 g/mol. The van der Waals surface area contributed by atoms with Gasteiger partial charge < -0.3 is 4.74 Å². The smallest absolute Gasteiger partial charge is 0.266 e. The number of pyridine rings is 1. The van der Waals surface area contributed by atoms with Gasteiger partial charge in [0.15, 0.2) is 0 Å². The largest absolute Gasteiger partial charge is 0.480 e. The Morgan fingerprint density at radius 3 is 2.70 bits per heavy atom. The van der Waals surface area contributed by atoms with Crippen molar-refractivity contribution in [1.29, 1.82) is 0 Å². The van der Waals surface area contributed by atoms with E-state index in [9.17, 15) is 4.79 Å². The van der Waals surface area contributed by atoms with Crippen LogP contribution in [0.25, 0.3) is 22.2 Å². The lowest BCUT2D eigenvalue weighted by Crippen LogP contribution is -2.18. The molecule has 3 aromatic rings. The summed E-state index contributed by atoms with van der Waals surface area (Å²) >= 11 is 0. The highest BCUT2D eigenvalue weighted by Gasteiger charge is 2.11. The van der Waals surface area contributed by atoms with Gasteiger partial charge in [0.05, 0.1) is 23.9 Å². The van der Waals surface area contributed by atoms with Crippen molar-refractivity contribution >= 4 is 10.9 Å². The summed E-state index contributed by atoms with van der Waals surface area (Å²) in [5, 5.41) is 5.24. The molecule has 0 fully saturated rings. The van der Waals surface area contributed by atoms with Gasteiger partial charge in [-0.3, -0.25) is 4.79 Å². The van der Waals surface area contributed by atoms with Crippen LogP contribution in [0.4, 0.5) is 0 Å². The number of methoxy groups -OCH3 is 1. The molecule has 0 unspecified atom stereocenters. The van der Waals surface area contributed by atoms with Crippen molar-refractivity contribution in [2.75, 3.05) is 7.11 Å². The van der Waals surface area contributed by atoms with E-state index in [1.54, 1.807) is 20.2 Å². The number of benzene rings is 1. The Morgan fingerprint density at radius 2 is 1.95 bits per heavy atom. The van der Waals surface area contributed by atoms with Gasteiger partial charge in [-0.05, 0) is 18.2 Å². The standard InChI is InChI=1S/C15H13N3O2/c1-18-14(19)8-7-13(17-18)11-9-10-5-3-4-6-12(10)16-15(11)20-2/h3-9H,1-2H3. The van der Waals surface area contributed by atoms with Gasteiger partial charge in [-0.25, -0.2) is 9.67 Å². The fourth-order valence-corrected chi connectivity index (χ4v) is 2.08. The molecular weight excluding hydrogens is 254 g/mol. The fourth-order valence-electron chi connectivity index (χ4n) is 2.08. The van der Waals surface area contributed by atoms with Gasteiger partial charge in [-0.1, -0.05) is 18.2 Å². The lowest BCUT2D eigenvalue weighted by molar-refractivity contribution is 0.401. The second kappa shape index (κ2) is 4.77. The Balaban J connectivity index is 2.28. The summed E-state index contributed by atoms with van der Waals surface area (Å²) < 4.78 is 6.64. The SMILES string of the molecule is COc1nc2ccccc2cc1-c1ccc(=O)n(C)n1. The molecule has 2 heterocycles. The first-order valence-corrected chi connectivity index (χ1v) is 6.17. The number of nitrogens with zero attached hydrogens (tertiary/aromatic N) is 3. The van der Waals surface area contributed by atoms with Crippen LogP contribution in [0.15, 0.2) is 47.3 Å². The average Bonchev–Trinajstić information content (AvgIpc) is 2.48. The molecule has 0 aliphatic carbocycles. The molecule has 0 amide bonds. The lowest BCUT2D eigenvalue weighted by Gasteiger charge is -2.09. The maximum absolute atomic E-state index is 11.4. The summed E-state index contributed by atoms with van der Waals surface area (Å²) in [7, 11) is 3.19. The van der Waals surface area contributed by atoms with Crippen LogP contribution in [0.1, 0.15) is 0 Å². The molecule has 0 saturated heterocycles. The monoisotopic (exact) mass is 267 g/mol. The first kappa shape index (κ1) is 12.3. The van der Waals surface area contributed by atoms with Gasteiger partial charge in [0.2, 0.25) is 5.88 Å². The molecule has 0 aliphatic rings. The third kappa shape index (κ3) is 2.03. The summed E-state index contributed by atoms with van der Waals surface area (Å²) in [6.45, 7) is 0. The maximum Gasteiger partial charge on any atom is 0.266 e. The molecule has 0 atom stereocenters. The Labute approximate surface area is 115 Å². The number of hydrogen-bond donors (Lipinski definition) is 0. The van der Waals surface area contributed by atoms with E-state index in [4.69, 9.17) is 4.74 Å². The third-order valence-corrected chi connectivity index (χ3v) is 3.12. The van der Waals surface area contributed by atoms with Gasteiger partial charge >= 0.3 is 0 Å². The van der Waals surface area contributed by atoms with Gasteiger partial charge in [-0.15, -0.1) is 0 Å². The molecule has 20 heavy (non-hydrogen) atoms. The summed E-state index contributed by atoms with van der Waals surface area (Å²) in [5.41, 5.74) is 2.13. The second-order valence-corrected chi connectivity index (χ2v) is 4.42. The topological polar surface area (TPSA) is 57.0 Å². The van der Waals surface area contributed by atoms with Crippen LogP contribution in [-0.4, -0.2) is 21.9 Å². The minimum absolute atomic E-state index is 0.151. The molecule has 100 valence electrons. The molecule has 1 aromatic carbocycles.